The zero-order valence-corrected chi connectivity index (χ0v) is 17.2. The molecule has 6 heteroatoms. The van der Waals surface area contributed by atoms with Crippen LogP contribution in [-0.4, -0.2) is 21.4 Å². The number of nitrogens with zero attached hydrogens (tertiary/aromatic N) is 2. The van der Waals surface area contributed by atoms with Crippen molar-refractivity contribution in [3.05, 3.63) is 113 Å². The van der Waals surface area contributed by atoms with Gasteiger partial charge >= 0.3 is 6.03 Å². The molecule has 1 aliphatic heterocycles. The number of aromatic nitrogens is 1. The van der Waals surface area contributed by atoms with Crippen molar-refractivity contribution < 1.29 is 14.0 Å². The van der Waals surface area contributed by atoms with E-state index in [0.717, 1.165) is 27.6 Å². The van der Waals surface area contributed by atoms with Crippen molar-refractivity contribution in [2.45, 2.75) is 13.1 Å². The van der Waals surface area contributed by atoms with Crippen LogP contribution in [-0.2, 0) is 17.9 Å². The van der Waals surface area contributed by atoms with Crippen LogP contribution in [0.5, 0.6) is 0 Å². The maximum Gasteiger partial charge on any atom is 0.329 e. The number of nitrogens with one attached hydrogen (secondary N) is 1. The lowest BCUT2D eigenvalue weighted by atomic mass is 10.1. The van der Waals surface area contributed by atoms with Crippen LogP contribution >= 0.6 is 0 Å². The van der Waals surface area contributed by atoms with Crippen molar-refractivity contribution in [1.82, 2.24) is 14.8 Å². The van der Waals surface area contributed by atoms with Crippen LogP contribution < -0.4 is 5.32 Å². The van der Waals surface area contributed by atoms with Crippen LogP contribution in [0.4, 0.5) is 9.18 Å². The van der Waals surface area contributed by atoms with E-state index in [9.17, 15) is 14.0 Å². The number of halogens is 1. The molecule has 0 atom stereocenters. The molecule has 5 nitrogen and oxygen atoms in total. The van der Waals surface area contributed by atoms with Crippen LogP contribution in [0.1, 0.15) is 16.7 Å². The first-order valence-electron chi connectivity index (χ1n) is 10.3. The number of amides is 3. The lowest BCUT2D eigenvalue weighted by Gasteiger charge is -2.11. The molecule has 0 bridgehead atoms. The molecule has 0 unspecified atom stereocenters. The van der Waals surface area contributed by atoms with Crippen LogP contribution in [0.15, 0.2) is 90.8 Å². The Bertz CT molecular complexity index is 1360. The Balaban J connectivity index is 1.37. The summed E-state index contributed by atoms with van der Waals surface area (Å²) >= 11 is 0. The molecular weight excluding hydrogens is 405 g/mol. The van der Waals surface area contributed by atoms with Crippen molar-refractivity contribution in [3.8, 4) is 0 Å². The van der Waals surface area contributed by atoms with Gasteiger partial charge in [-0.15, -0.1) is 0 Å². The molecule has 0 spiro atoms. The summed E-state index contributed by atoms with van der Waals surface area (Å²) in [6.45, 7) is 0.787. The number of carbonyl (C=O) groups is 2. The maximum absolute atomic E-state index is 13.5. The quantitative estimate of drug-likeness (QED) is 0.364. The van der Waals surface area contributed by atoms with Gasteiger partial charge in [-0.1, -0.05) is 48.5 Å². The molecule has 2 heterocycles. The zero-order valence-electron chi connectivity index (χ0n) is 17.2. The number of fused-ring (bicyclic) bond motifs is 1. The van der Waals surface area contributed by atoms with E-state index in [1.807, 2.05) is 71.4 Å². The molecule has 32 heavy (non-hydrogen) atoms. The van der Waals surface area contributed by atoms with E-state index in [1.165, 1.54) is 17.0 Å². The first kappa shape index (κ1) is 19.8. The summed E-state index contributed by atoms with van der Waals surface area (Å²) in [6, 6.07) is 23.3. The van der Waals surface area contributed by atoms with E-state index >= 15 is 0 Å². The summed E-state index contributed by atoms with van der Waals surface area (Å²) in [5.41, 5.74) is 3.84. The minimum Gasteiger partial charge on any atom is -0.343 e. The van der Waals surface area contributed by atoms with E-state index in [4.69, 9.17) is 0 Å². The average molecular weight is 425 g/mol. The number of benzene rings is 3. The topological polar surface area (TPSA) is 54.3 Å². The van der Waals surface area contributed by atoms with E-state index in [2.05, 4.69) is 5.32 Å². The minimum atomic E-state index is -0.424. The number of imide groups is 1. The summed E-state index contributed by atoms with van der Waals surface area (Å²) < 4.78 is 15.5. The molecule has 0 aliphatic carbocycles. The SMILES string of the molecule is O=C1N/C(=C/c2ccc3c(ccn3Cc3cccc(F)c3)c2)C(=O)N1Cc1ccccc1. The number of carbonyl (C=O) groups excluding carboxylic acids is 2. The third-order valence-corrected chi connectivity index (χ3v) is 5.49. The van der Waals surface area contributed by atoms with Crippen molar-refractivity contribution in [1.29, 1.82) is 0 Å². The first-order valence-corrected chi connectivity index (χ1v) is 10.3. The minimum absolute atomic E-state index is 0.227. The fourth-order valence-corrected chi connectivity index (χ4v) is 3.93. The van der Waals surface area contributed by atoms with Gasteiger partial charge in [-0.3, -0.25) is 9.69 Å². The molecule has 1 fully saturated rings. The Labute approximate surface area is 184 Å². The van der Waals surface area contributed by atoms with E-state index in [0.29, 0.717) is 6.54 Å². The fourth-order valence-electron chi connectivity index (χ4n) is 3.93. The van der Waals surface area contributed by atoms with Crippen molar-refractivity contribution in [3.63, 3.8) is 0 Å². The maximum atomic E-state index is 13.5. The highest BCUT2D eigenvalue weighted by molar-refractivity contribution is 6.14. The van der Waals surface area contributed by atoms with Crippen LogP contribution in [0.2, 0.25) is 0 Å². The van der Waals surface area contributed by atoms with E-state index in [-0.39, 0.29) is 24.0 Å². The van der Waals surface area contributed by atoms with Crippen LogP contribution in [0, 0.1) is 5.82 Å². The molecule has 5 rings (SSSR count). The van der Waals surface area contributed by atoms with Gasteiger partial charge in [-0.05, 0) is 53.1 Å². The smallest absolute Gasteiger partial charge is 0.329 e. The predicted molar refractivity (Wildman–Crippen MR) is 121 cm³/mol. The Morgan fingerprint density at radius 2 is 1.66 bits per heavy atom. The Morgan fingerprint density at radius 1 is 0.844 bits per heavy atom. The monoisotopic (exact) mass is 425 g/mol. The second-order valence-electron chi connectivity index (χ2n) is 7.76. The van der Waals surface area contributed by atoms with Gasteiger partial charge in [-0.25, -0.2) is 9.18 Å². The Kier molecular flexibility index (Phi) is 5.03. The average Bonchev–Trinajstić information content (AvgIpc) is 3.30. The third-order valence-electron chi connectivity index (χ3n) is 5.49. The van der Waals surface area contributed by atoms with Gasteiger partial charge in [0, 0.05) is 23.6 Å². The molecule has 1 aliphatic rings. The number of rotatable bonds is 5. The van der Waals surface area contributed by atoms with Gasteiger partial charge in [0.25, 0.3) is 5.91 Å². The zero-order chi connectivity index (χ0) is 22.1. The van der Waals surface area contributed by atoms with Crippen molar-refractivity contribution >= 4 is 28.9 Å². The lowest BCUT2D eigenvalue weighted by molar-refractivity contribution is -0.123. The molecule has 4 aromatic rings. The van der Waals surface area contributed by atoms with Gasteiger partial charge in [0.1, 0.15) is 11.5 Å². The van der Waals surface area contributed by atoms with Gasteiger partial charge in [0.15, 0.2) is 0 Å². The van der Waals surface area contributed by atoms with Gasteiger partial charge in [0.2, 0.25) is 0 Å². The molecular formula is C26H20FN3O2. The first-order chi connectivity index (χ1) is 15.6. The highest BCUT2D eigenvalue weighted by Gasteiger charge is 2.33. The lowest BCUT2D eigenvalue weighted by Crippen LogP contribution is -2.30. The molecule has 158 valence electrons. The standard InChI is InChI=1S/C26H20FN3O2/c27-22-8-4-7-20(14-22)16-29-12-11-21-13-19(9-10-24(21)29)15-23-25(31)30(26(32)28-23)17-18-5-2-1-3-6-18/h1-15H,16-17H2,(H,28,32)/b23-15+. The molecule has 3 amide bonds. The van der Waals surface area contributed by atoms with Crippen molar-refractivity contribution in [2.24, 2.45) is 0 Å². The molecule has 1 saturated heterocycles. The molecule has 0 radical (unpaired) electrons. The number of urea groups is 1. The van der Waals surface area contributed by atoms with Crippen LogP contribution in [0.3, 0.4) is 0 Å². The molecule has 3 aromatic carbocycles. The number of hydrogen-bond donors (Lipinski definition) is 1. The van der Waals surface area contributed by atoms with Crippen molar-refractivity contribution in [2.75, 3.05) is 0 Å². The van der Waals surface area contributed by atoms with E-state index in [1.54, 1.807) is 12.1 Å². The molecule has 0 saturated carbocycles. The summed E-state index contributed by atoms with van der Waals surface area (Å²) in [7, 11) is 0. The Morgan fingerprint density at radius 3 is 2.47 bits per heavy atom. The normalized spacial score (nSPS) is 15.0. The summed E-state index contributed by atoms with van der Waals surface area (Å²) in [5, 5.41) is 3.67. The second-order valence-corrected chi connectivity index (χ2v) is 7.76. The van der Waals surface area contributed by atoms with Gasteiger partial charge in [0.05, 0.1) is 6.54 Å². The molecule has 1 N–H and O–H groups in total. The largest absolute Gasteiger partial charge is 0.343 e. The third kappa shape index (κ3) is 3.90. The summed E-state index contributed by atoms with van der Waals surface area (Å²) in [4.78, 5) is 26.3. The van der Waals surface area contributed by atoms with Gasteiger partial charge < -0.3 is 9.88 Å². The molecule has 1 aromatic heterocycles. The predicted octanol–water partition coefficient (Wildman–Crippen LogP) is 4.92. The summed E-state index contributed by atoms with van der Waals surface area (Å²) in [6.07, 6.45) is 3.64. The highest BCUT2D eigenvalue weighted by Crippen LogP contribution is 2.22. The fraction of sp³-hybridized carbons (Fsp3) is 0.0769. The summed E-state index contributed by atoms with van der Waals surface area (Å²) in [5.74, 6) is -0.597. The number of hydrogen-bond acceptors (Lipinski definition) is 2. The Hall–Kier alpha value is -4.19. The van der Waals surface area contributed by atoms with Crippen LogP contribution in [0.25, 0.3) is 17.0 Å². The van der Waals surface area contributed by atoms with E-state index < -0.39 is 6.03 Å². The second kappa shape index (κ2) is 8.15. The highest BCUT2D eigenvalue weighted by atomic mass is 19.1. The van der Waals surface area contributed by atoms with Gasteiger partial charge in [-0.2, -0.15) is 0 Å².